The summed E-state index contributed by atoms with van der Waals surface area (Å²) in [5.41, 5.74) is 0.509. The smallest absolute Gasteiger partial charge is 0.259 e. The van der Waals surface area contributed by atoms with E-state index in [0.29, 0.717) is 29.6 Å². The molecule has 0 saturated carbocycles. The maximum Gasteiger partial charge on any atom is 0.259 e. The van der Waals surface area contributed by atoms with Crippen molar-refractivity contribution in [2.24, 2.45) is 0 Å². The molecule has 1 saturated heterocycles. The fourth-order valence-corrected chi connectivity index (χ4v) is 2.28. The first kappa shape index (κ1) is 13.4. The molecule has 1 aliphatic rings. The number of hydrogen-bond acceptors (Lipinski definition) is 6. The minimum absolute atomic E-state index is 0.0952. The average molecular weight is 296 g/mol. The molecule has 0 bridgehead atoms. The van der Waals surface area contributed by atoms with Gasteiger partial charge >= 0.3 is 0 Å². The number of benzene rings is 1. The van der Waals surface area contributed by atoms with Gasteiger partial charge in [0.2, 0.25) is 5.82 Å². The maximum atomic E-state index is 9.51. The van der Waals surface area contributed by atoms with Crippen LogP contribution < -0.4 is 0 Å². The van der Waals surface area contributed by atoms with Crippen LogP contribution in [0.2, 0.25) is 5.02 Å². The zero-order chi connectivity index (χ0) is 14.1. The number of ether oxygens (including phenoxy) is 1. The Morgan fingerprint density at radius 2 is 2.30 bits per heavy atom. The fraction of sp³-hybridized carbons (Fsp3) is 0.385. The van der Waals surface area contributed by atoms with E-state index in [-0.39, 0.29) is 17.7 Å². The zero-order valence-corrected chi connectivity index (χ0v) is 11.7. The molecule has 1 aromatic heterocycles. The van der Waals surface area contributed by atoms with Gasteiger partial charge in [-0.2, -0.15) is 4.98 Å². The second-order valence-corrected chi connectivity index (χ2v) is 5.15. The number of rotatable bonds is 2. The lowest BCUT2D eigenvalue weighted by Crippen LogP contribution is -2.35. The van der Waals surface area contributed by atoms with Gasteiger partial charge in [0.1, 0.15) is 11.9 Å². The van der Waals surface area contributed by atoms with E-state index in [9.17, 15) is 5.11 Å². The molecule has 1 N–H and O–H groups in total. The van der Waals surface area contributed by atoms with Gasteiger partial charge < -0.3 is 19.3 Å². The van der Waals surface area contributed by atoms with Gasteiger partial charge in [-0.15, -0.1) is 0 Å². The van der Waals surface area contributed by atoms with Crippen molar-refractivity contribution >= 4 is 11.6 Å². The van der Waals surface area contributed by atoms with Crippen molar-refractivity contribution in [3.05, 3.63) is 29.0 Å². The SMILES string of the molecule is CN1CCOC(c2noc(-c3cc(O)ccc3Cl)n2)C1. The molecule has 6 nitrogen and oxygen atoms in total. The average Bonchev–Trinajstić information content (AvgIpc) is 2.91. The number of hydrogen-bond donors (Lipinski definition) is 1. The predicted octanol–water partition coefficient (Wildman–Crippen LogP) is 2.10. The zero-order valence-electron chi connectivity index (χ0n) is 10.9. The number of aromatic nitrogens is 2. The lowest BCUT2D eigenvalue weighted by Gasteiger charge is -2.27. The van der Waals surface area contributed by atoms with Crippen LogP contribution in [0.4, 0.5) is 0 Å². The number of nitrogens with zero attached hydrogens (tertiary/aromatic N) is 3. The van der Waals surface area contributed by atoms with Crippen molar-refractivity contribution in [1.82, 2.24) is 15.0 Å². The Morgan fingerprint density at radius 3 is 3.10 bits per heavy atom. The third kappa shape index (κ3) is 2.63. The van der Waals surface area contributed by atoms with Gasteiger partial charge in [0, 0.05) is 13.1 Å². The molecule has 0 radical (unpaired) electrons. The molecule has 2 aromatic rings. The largest absolute Gasteiger partial charge is 0.508 e. The van der Waals surface area contributed by atoms with Crippen molar-refractivity contribution in [3.8, 4) is 17.2 Å². The van der Waals surface area contributed by atoms with Crippen LogP contribution in [0, 0.1) is 0 Å². The normalized spacial score (nSPS) is 20.2. The highest BCUT2D eigenvalue weighted by atomic mass is 35.5. The Kier molecular flexibility index (Phi) is 3.60. The van der Waals surface area contributed by atoms with E-state index in [1.165, 1.54) is 12.1 Å². The minimum atomic E-state index is -0.206. The third-order valence-corrected chi connectivity index (χ3v) is 3.51. The van der Waals surface area contributed by atoms with Crippen LogP contribution in [0.15, 0.2) is 22.7 Å². The standard InChI is InChI=1S/C13H14ClN3O3/c1-17-4-5-19-11(7-17)12-15-13(20-16-12)9-6-8(18)2-3-10(9)14/h2-3,6,11,18H,4-5,7H2,1H3. The van der Waals surface area contributed by atoms with E-state index < -0.39 is 0 Å². The lowest BCUT2D eigenvalue weighted by atomic mass is 10.2. The van der Waals surface area contributed by atoms with Crippen molar-refractivity contribution in [2.75, 3.05) is 26.7 Å². The number of halogens is 1. The highest BCUT2D eigenvalue weighted by Crippen LogP contribution is 2.31. The predicted molar refractivity (Wildman–Crippen MR) is 72.6 cm³/mol. The number of aromatic hydroxyl groups is 1. The Balaban J connectivity index is 1.88. The van der Waals surface area contributed by atoms with Crippen LogP contribution in [-0.4, -0.2) is 46.9 Å². The van der Waals surface area contributed by atoms with Crippen LogP contribution >= 0.6 is 11.6 Å². The molecule has 1 aliphatic heterocycles. The molecule has 1 fully saturated rings. The highest BCUT2D eigenvalue weighted by molar-refractivity contribution is 6.33. The first-order chi connectivity index (χ1) is 9.63. The summed E-state index contributed by atoms with van der Waals surface area (Å²) in [4.78, 5) is 6.46. The van der Waals surface area contributed by atoms with E-state index in [1.807, 2.05) is 7.05 Å². The summed E-state index contributed by atoms with van der Waals surface area (Å²) in [5, 5.41) is 13.9. The number of phenolic OH excluding ortho intramolecular Hbond substituents is 1. The van der Waals surface area contributed by atoms with Crippen molar-refractivity contribution in [2.45, 2.75) is 6.10 Å². The first-order valence-corrected chi connectivity index (χ1v) is 6.64. The monoisotopic (exact) mass is 295 g/mol. The number of phenols is 1. The summed E-state index contributed by atoms with van der Waals surface area (Å²) in [6.07, 6.45) is -0.206. The van der Waals surface area contributed by atoms with Crippen LogP contribution in [-0.2, 0) is 4.74 Å². The van der Waals surface area contributed by atoms with Crippen molar-refractivity contribution < 1.29 is 14.4 Å². The van der Waals surface area contributed by atoms with Gasteiger partial charge in [-0.25, -0.2) is 0 Å². The summed E-state index contributed by atoms with van der Waals surface area (Å²) < 4.78 is 10.8. The molecule has 3 rings (SSSR count). The Bertz CT molecular complexity index is 617. The molecule has 2 heterocycles. The molecule has 1 aromatic carbocycles. The molecule has 1 atom stereocenters. The maximum absolute atomic E-state index is 9.51. The summed E-state index contributed by atoms with van der Waals surface area (Å²) in [5.74, 6) is 0.862. The topological polar surface area (TPSA) is 71.6 Å². The summed E-state index contributed by atoms with van der Waals surface area (Å²) in [7, 11) is 2.02. The summed E-state index contributed by atoms with van der Waals surface area (Å²) in [6.45, 7) is 2.24. The number of morpholine rings is 1. The number of likely N-dealkylation sites (N-methyl/N-ethyl adjacent to an activating group) is 1. The molecule has 106 valence electrons. The third-order valence-electron chi connectivity index (χ3n) is 3.18. The van der Waals surface area contributed by atoms with E-state index in [1.54, 1.807) is 6.07 Å². The van der Waals surface area contributed by atoms with Crippen LogP contribution in [0.3, 0.4) is 0 Å². The van der Waals surface area contributed by atoms with Gasteiger partial charge in [-0.1, -0.05) is 16.8 Å². The lowest BCUT2D eigenvalue weighted by molar-refractivity contribution is -0.0264. The molecule has 1 unspecified atom stereocenters. The van der Waals surface area contributed by atoms with E-state index in [0.717, 1.165) is 6.54 Å². The van der Waals surface area contributed by atoms with Crippen LogP contribution in [0.5, 0.6) is 5.75 Å². The van der Waals surface area contributed by atoms with E-state index in [4.69, 9.17) is 20.9 Å². The highest BCUT2D eigenvalue weighted by Gasteiger charge is 2.25. The van der Waals surface area contributed by atoms with Gasteiger partial charge in [-0.3, -0.25) is 0 Å². The first-order valence-electron chi connectivity index (χ1n) is 6.26. The summed E-state index contributed by atoms with van der Waals surface area (Å²) in [6, 6.07) is 4.58. The molecule has 0 amide bonds. The Hall–Kier alpha value is -1.63. The Labute approximate surface area is 120 Å². The Morgan fingerprint density at radius 1 is 1.45 bits per heavy atom. The van der Waals surface area contributed by atoms with Gasteiger partial charge in [0.15, 0.2) is 0 Å². The second kappa shape index (κ2) is 5.40. The second-order valence-electron chi connectivity index (χ2n) is 4.74. The van der Waals surface area contributed by atoms with Crippen molar-refractivity contribution in [1.29, 1.82) is 0 Å². The van der Waals surface area contributed by atoms with E-state index >= 15 is 0 Å². The van der Waals surface area contributed by atoms with Crippen LogP contribution in [0.25, 0.3) is 11.5 Å². The summed E-state index contributed by atoms with van der Waals surface area (Å²) >= 11 is 6.07. The molecule has 0 aliphatic carbocycles. The van der Waals surface area contributed by atoms with Gasteiger partial charge in [0.25, 0.3) is 5.89 Å². The fourth-order valence-electron chi connectivity index (χ4n) is 2.09. The van der Waals surface area contributed by atoms with Gasteiger partial charge in [0.05, 0.1) is 17.2 Å². The quantitative estimate of drug-likeness (QED) is 0.915. The molecule has 0 spiro atoms. The van der Waals surface area contributed by atoms with Gasteiger partial charge in [-0.05, 0) is 25.2 Å². The van der Waals surface area contributed by atoms with Crippen molar-refractivity contribution in [3.63, 3.8) is 0 Å². The molecular weight excluding hydrogens is 282 g/mol. The molecule has 20 heavy (non-hydrogen) atoms. The molecular formula is C13H14ClN3O3. The minimum Gasteiger partial charge on any atom is -0.508 e. The molecule has 7 heteroatoms. The van der Waals surface area contributed by atoms with Crippen LogP contribution in [0.1, 0.15) is 11.9 Å². The van der Waals surface area contributed by atoms with E-state index in [2.05, 4.69) is 15.0 Å².